The molecule has 0 aliphatic rings. The summed E-state index contributed by atoms with van der Waals surface area (Å²) in [7, 11) is 0. The van der Waals surface area contributed by atoms with Gasteiger partial charge in [0.15, 0.2) is 5.60 Å². The second kappa shape index (κ2) is 4.28. The van der Waals surface area contributed by atoms with E-state index in [1.54, 1.807) is 20.8 Å². The average Bonchev–Trinajstić information content (AvgIpc) is 1.75. The van der Waals surface area contributed by atoms with Gasteiger partial charge in [-0.2, -0.15) is 13.2 Å². The smallest absolute Gasteiger partial charge is 0.381 e. The molecule has 1 N–H and O–H groups in total. The summed E-state index contributed by atoms with van der Waals surface area (Å²) >= 11 is 0. The van der Waals surface area contributed by atoms with Crippen LogP contribution in [0.1, 0.15) is 40.5 Å². The number of aliphatic hydroxyl groups is 1. The zero-order valence-electron chi connectivity index (χ0n) is 9.45. The number of hydrogen-bond donors (Lipinski definition) is 1. The maximum atomic E-state index is 13.3. The van der Waals surface area contributed by atoms with E-state index in [1.807, 2.05) is 0 Å². The average molecular weight is 230 g/mol. The number of alkyl halides is 4. The van der Waals surface area contributed by atoms with Crippen molar-refractivity contribution in [3.05, 3.63) is 0 Å². The van der Waals surface area contributed by atoms with E-state index >= 15 is 0 Å². The van der Waals surface area contributed by atoms with Gasteiger partial charge in [-0.1, -0.05) is 20.8 Å². The Morgan fingerprint density at radius 3 is 1.67 bits per heavy atom. The van der Waals surface area contributed by atoms with Gasteiger partial charge in [0.1, 0.15) is 6.17 Å². The summed E-state index contributed by atoms with van der Waals surface area (Å²) in [6.45, 7) is 5.81. The van der Waals surface area contributed by atoms with Crippen LogP contribution in [-0.4, -0.2) is 23.1 Å². The van der Waals surface area contributed by atoms with Crippen LogP contribution in [0.5, 0.6) is 0 Å². The van der Waals surface area contributed by atoms with Gasteiger partial charge in [0.05, 0.1) is 0 Å². The van der Waals surface area contributed by atoms with Crippen molar-refractivity contribution in [3.63, 3.8) is 0 Å². The summed E-state index contributed by atoms with van der Waals surface area (Å²) < 4.78 is 49.9. The van der Waals surface area contributed by atoms with Crippen LogP contribution in [0.2, 0.25) is 0 Å². The van der Waals surface area contributed by atoms with Crippen molar-refractivity contribution in [2.24, 2.45) is 5.41 Å². The quantitative estimate of drug-likeness (QED) is 0.736. The van der Waals surface area contributed by atoms with E-state index in [4.69, 9.17) is 5.11 Å². The van der Waals surface area contributed by atoms with Gasteiger partial charge in [-0.3, -0.25) is 0 Å². The Balaban J connectivity index is 4.36. The molecule has 0 aliphatic carbocycles. The van der Waals surface area contributed by atoms with Crippen LogP contribution in [-0.2, 0) is 0 Å². The molecule has 15 heavy (non-hydrogen) atoms. The first kappa shape index (κ1) is 14.7. The van der Waals surface area contributed by atoms with Crippen molar-refractivity contribution in [1.82, 2.24) is 0 Å². The minimum atomic E-state index is -4.78. The molecule has 2 unspecified atom stereocenters. The van der Waals surface area contributed by atoms with E-state index in [2.05, 4.69) is 0 Å². The predicted molar refractivity (Wildman–Crippen MR) is 50.3 cm³/mol. The molecule has 0 spiro atoms. The van der Waals surface area contributed by atoms with Crippen molar-refractivity contribution >= 4 is 0 Å². The first-order valence-electron chi connectivity index (χ1n) is 4.78. The standard InChI is InChI=1S/C10H18F4O/c1-8(2,3)5-7(11)6-9(4,15)10(12,13)14/h7,15H,5-6H2,1-4H3. The van der Waals surface area contributed by atoms with Crippen LogP contribution >= 0.6 is 0 Å². The first-order valence-corrected chi connectivity index (χ1v) is 4.78. The lowest BCUT2D eigenvalue weighted by Gasteiger charge is -2.29. The van der Waals surface area contributed by atoms with Gasteiger partial charge in [0.25, 0.3) is 0 Å². The third-order valence-electron chi connectivity index (χ3n) is 2.06. The zero-order chi connectivity index (χ0) is 12.5. The minimum absolute atomic E-state index is 0.000764. The lowest BCUT2D eigenvalue weighted by atomic mass is 9.86. The van der Waals surface area contributed by atoms with Gasteiger partial charge < -0.3 is 5.11 Å². The van der Waals surface area contributed by atoms with Gasteiger partial charge in [-0.05, 0) is 18.8 Å². The SMILES string of the molecule is CC(C)(C)CC(F)CC(C)(O)C(F)(F)F. The van der Waals surface area contributed by atoms with Crippen molar-refractivity contribution in [2.45, 2.75) is 58.5 Å². The summed E-state index contributed by atoms with van der Waals surface area (Å²) in [6.07, 6.45) is -7.34. The van der Waals surface area contributed by atoms with Crippen molar-refractivity contribution < 1.29 is 22.7 Å². The largest absolute Gasteiger partial charge is 0.417 e. The molecule has 1 nitrogen and oxygen atoms in total. The van der Waals surface area contributed by atoms with Crippen LogP contribution in [0, 0.1) is 5.41 Å². The molecule has 0 heterocycles. The van der Waals surface area contributed by atoms with Crippen molar-refractivity contribution in [1.29, 1.82) is 0 Å². The Labute approximate surface area is 87.5 Å². The Morgan fingerprint density at radius 2 is 1.40 bits per heavy atom. The van der Waals surface area contributed by atoms with E-state index in [1.165, 1.54) is 0 Å². The molecule has 92 valence electrons. The monoisotopic (exact) mass is 230 g/mol. The molecule has 0 rings (SSSR count). The van der Waals surface area contributed by atoms with E-state index in [-0.39, 0.29) is 11.8 Å². The molecule has 0 bridgehead atoms. The zero-order valence-corrected chi connectivity index (χ0v) is 9.45. The number of halogens is 4. The molecule has 0 fully saturated rings. The maximum Gasteiger partial charge on any atom is 0.417 e. The molecular weight excluding hydrogens is 212 g/mol. The van der Waals surface area contributed by atoms with Gasteiger partial charge in [-0.25, -0.2) is 4.39 Å². The predicted octanol–water partition coefficient (Wildman–Crippen LogP) is 3.46. The second-order valence-electron chi connectivity index (χ2n) is 5.34. The van der Waals surface area contributed by atoms with Gasteiger partial charge in [0, 0.05) is 6.42 Å². The molecule has 0 saturated carbocycles. The van der Waals surface area contributed by atoms with Gasteiger partial charge >= 0.3 is 6.18 Å². The Hall–Kier alpha value is -0.320. The normalized spacial score (nSPS) is 19.8. The fourth-order valence-corrected chi connectivity index (χ4v) is 1.28. The van der Waals surface area contributed by atoms with Crippen LogP contribution in [0.4, 0.5) is 17.6 Å². The second-order valence-corrected chi connectivity index (χ2v) is 5.34. The highest BCUT2D eigenvalue weighted by molar-refractivity contribution is 4.85. The highest BCUT2D eigenvalue weighted by atomic mass is 19.4. The van der Waals surface area contributed by atoms with Crippen LogP contribution in [0.3, 0.4) is 0 Å². The van der Waals surface area contributed by atoms with Crippen molar-refractivity contribution in [3.8, 4) is 0 Å². The minimum Gasteiger partial charge on any atom is -0.381 e. The molecule has 2 atom stereocenters. The maximum absolute atomic E-state index is 13.3. The molecular formula is C10H18F4O. The number of hydrogen-bond acceptors (Lipinski definition) is 1. The van der Waals surface area contributed by atoms with Crippen LogP contribution < -0.4 is 0 Å². The van der Waals surface area contributed by atoms with Crippen LogP contribution in [0.25, 0.3) is 0 Å². The number of rotatable bonds is 3. The fourth-order valence-electron chi connectivity index (χ4n) is 1.28. The highest BCUT2D eigenvalue weighted by Crippen LogP contribution is 2.36. The molecule has 0 radical (unpaired) electrons. The molecule has 0 aromatic rings. The van der Waals surface area contributed by atoms with E-state index in [0.717, 1.165) is 0 Å². The molecule has 0 saturated heterocycles. The lowest BCUT2D eigenvalue weighted by molar-refractivity contribution is -0.259. The van der Waals surface area contributed by atoms with Gasteiger partial charge in [0.2, 0.25) is 0 Å². The molecule has 0 amide bonds. The summed E-state index contributed by atoms with van der Waals surface area (Å²) in [5.74, 6) is 0. The molecule has 0 aromatic heterocycles. The summed E-state index contributed by atoms with van der Waals surface area (Å²) in [6, 6.07) is 0. The third-order valence-corrected chi connectivity index (χ3v) is 2.06. The molecule has 0 aliphatic heterocycles. The molecule has 0 aromatic carbocycles. The topological polar surface area (TPSA) is 20.2 Å². The Kier molecular flexibility index (Phi) is 4.18. The summed E-state index contributed by atoms with van der Waals surface area (Å²) in [5, 5.41) is 9.05. The third kappa shape index (κ3) is 5.35. The summed E-state index contributed by atoms with van der Waals surface area (Å²) in [5.41, 5.74) is -3.33. The van der Waals surface area contributed by atoms with Crippen molar-refractivity contribution in [2.75, 3.05) is 0 Å². The fraction of sp³-hybridized carbons (Fsp3) is 1.00. The van der Waals surface area contributed by atoms with E-state index < -0.39 is 24.4 Å². The highest BCUT2D eigenvalue weighted by Gasteiger charge is 2.51. The summed E-state index contributed by atoms with van der Waals surface area (Å²) in [4.78, 5) is 0. The first-order chi connectivity index (χ1) is 6.35. The van der Waals surface area contributed by atoms with E-state index in [9.17, 15) is 17.6 Å². The van der Waals surface area contributed by atoms with Crippen LogP contribution in [0.15, 0.2) is 0 Å². The molecule has 5 heteroatoms. The Bertz CT molecular complexity index is 202. The van der Waals surface area contributed by atoms with E-state index in [0.29, 0.717) is 6.92 Å². The van der Waals surface area contributed by atoms with Gasteiger partial charge in [-0.15, -0.1) is 0 Å². The lowest BCUT2D eigenvalue weighted by Crippen LogP contribution is -2.44. The Morgan fingerprint density at radius 1 is 1.00 bits per heavy atom.